The van der Waals surface area contributed by atoms with Crippen molar-refractivity contribution in [2.75, 3.05) is 56.2 Å². The second kappa shape index (κ2) is 22.6. The van der Waals surface area contributed by atoms with E-state index in [2.05, 4.69) is 42.2 Å². The Hall–Kier alpha value is -4.26. The molecule has 1 atom stereocenters. The average Bonchev–Trinajstić information content (AvgIpc) is 3.67. The summed E-state index contributed by atoms with van der Waals surface area (Å²) in [7, 11) is -4.40. The first-order valence-electron chi connectivity index (χ1n) is 20.2. The summed E-state index contributed by atoms with van der Waals surface area (Å²) < 4.78 is 12.8. The van der Waals surface area contributed by atoms with Crippen molar-refractivity contribution in [3.8, 4) is 0 Å². The van der Waals surface area contributed by atoms with Gasteiger partial charge < -0.3 is 52.3 Å². The summed E-state index contributed by atoms with van der Waals surface area (Å²) in [4.78, 5) is 66.0. The van der Waals surface area contributed by atoms with E-state index >= 15 is 0 Å². The Labute approximate surface area is 333 Å². The first kappa shape index (κ1) is 43.9. The van der Waals surface area contributed by atoms with Gasteiger partial charge in [-0.05, 0) is 76.7 Å². The number of aryl methyl sites for hydroxylation is 1. The van der Waals surface area contributed by atoms with Crippen LogP contribution in [0.25, 0.3) is 10.9 Å². The number of likely N-dealkylation sites (tertiary alicyclic amines) is 1. The van der Waals surface area contributed by atoms with Crippen molar-refractivity contribution in [1.82, 2.24) is 51.1 Å². The highest BCUT2D eigenvalue weighted by molar-refractivity contribution is 7.51. The highest BCUT2D eigenvalue weighted by Crippen LogP contribution is 2.32. The van der Waals surface area contributed by atoms with Gasteiger partial charge in [-0.25, -0.2) is 4.98 Å². The second-order valence-corrected chi connectivity index (χ2v) is 16.5. The summed E-state index contributed by atoms with van der Waals surface area (Å²) in [5.74, 6) is 0.00752. The number of benzene rings is 1. The molecule has 2 aromatic heterocycles. The van der Waals surface area contributed by atoms with Crippen LogP contribution < -0.4 is 37.6 Å². The zero-order valence-corrected chi connectivity index (χ0v) is 33.6. The molecule has 3 amide bonds. The molecule has 314 valence electrons. The first-order chi connectivity index (χ1) is 27.5. The van der Waals surface area contributed by atoms with Gasteiger partial charge in [-0.15, -0.1) is 5.10 Å². The lowest BCUT2D eigenvalue weighted by Gasteiger charge is -2.33. The molecule has 10 N–H and O–H groups in total. The van der Waals surface area contributed by atoms with E-state index in [0.29, 0.717) is 31.6 Å². The standard InChI is InChI=1S/C37H60N13O6P/c38-31(36(53)43-26-57(54,55)56)12-13-33(51)41-20-14-34(52)49-22-15-28(16-23-49)44-35-30-10-4-5-11-32(30)45-37(46-35)42-24-29-25-50(48-47-29)21-7-18-39-17-6-19-40-27-8-2-1-3-9-27/h4-5,10-11,25,27-28,31,39-40H,1-3,6-9,12-24,26,38H2,(H,41,51)(H,43,53)(H2,54,55,56)(H2,42,44,45,46)/t31-/m0/s1. The topological polar surface area (TPSA) is 267 Å². The van der Waals surface area contributed by atoms with Crippen LogP contribution in [0, 0.1) is 0 Å². The number of nitrogens with one attached hydrogen (secondary N) is 6. The Balaban J connectivity index is 0.981. The van der Waals surface area contributed by atoms with Gasteiger partial charge in [-0.3, -0.25) is 23.6 Å². The maximum absolute atomic E-state index is 12.9. The van der Waals surface area contributed by atoms with Gasteiger partial charge in [0.2, 0.25) is 23.7 Å². The third-order valence-corrected chi connectivity index (χ3v) is 10.8. The third-order valence-electron chi connectivity index (χ3n) is 10.3. The molecule has 0 radical (unpaired) electrons. The van der Waals surface area contributed by atoms with E-state index in [-0.39, 0.29) is 43.7 Å². The summed E-state index contributed by atoms with van der Waals surface area (Å²) in [6.45, 7) is 5.49. The molecule has 20 heteroatoms. The third kappa shape index (κ3) is 15.5. The molecule has 1 saturated carbocycles. The number of hydrogen-bond donors (Lipinski definition) is 9. The molecule has 0 spiro atoms. The average molecular weight is 814 g/mol. The fourth-order valence-corrected chi connectivity index (χ4v) is 7.39. The molecule has 1 aliphatic carbocycles. The Morgan fingerprint density at radius 1 is 0.912 bits per heavy atom. The van der Waals surface area contributed by atoms with Crippen molar-refractivity contribution in [2.24, 2.45) is 5.73 Å². The molecule has 0 unspecified atom stereocenters. The molecule has 3 heterocycles. The van der Waals surface area contributed by atoms with Crippen LogP contribution in [0.3, 0.4) is 0 Å². The van der Waals surface area contributed by atoms with Crippen LogP contribution in [0.1, 0.15) is 82.7 Å². The second-order valence-electron chi connectivity index (χ2n) is 14.9. The summed E-state index contributed by atoms with van der Waals surface area (Å²) in [6.07, 6.45) is 11.5. The molecule has 57 heavy (non-hydrogen) atoms. The Bertz CT molecular complexity index is 1780. The monoisotopic (exact) mass is 813 g/mol. The van der Waals surface area contributed by atoms with E-state index in [9.17, 15) is 18.9 Å². The van der Waals surface area contributed by atoms with Gasteiger partial charge >= 0.3 is 7.60 Å². The van der Waals surface area contributed by atoms with E-state index < -0.39 is 25.8 Å². The van der Waals surface area contributed by atoms with Crippen LogP contribution >= 0.6 is 7.60 Å². The summed E-state index contributed by atoms with van der Waals surface area (Å²) in [6, 6.07) is 7.54. The van der Waals surface area contributed by atoms with E-state index in [1.165, 1.54) is 32.1 Å². The maximum atomic E-state index is 12.9. The highest BCUT2D eigenvalue weighted by Gasteiger charge is 2.24. The lowest BCUT2D eigenvalue weighted by molar-refractivity contribution is -0.132. The smallest absolute Gasteiger partial charge is 0.344 e. The molecule has 1 aromatic carbocycles. The summed E-state index contributed by atoms with van der Waals surface area (Å²) >= 11 is 0. The fourth-order valence-electron chi connectivity index (χ4n) is 7.03. The molecule has 0 bridgehead atoms. The lowest BCUT2D eigenvalue weighted by Crippen LogP contribution is -2.43. The van der Waals surface area contributed by atoms with Gasteiger partial charge in [-0.2, -0.15) is 4.98 Å². The number of fused-ring (bicyclic) bond motifs is 1. The Kier molecular flexibility index (Phi) is 17.4. The van der Waals surface area contributed by atoms with Gasteiger partial charge in [0.1, 0.15) is 17.8 Å². The molecule has 1 saturated heterocycles. The van der Waals surface area contributed by atoms with Gasteiger partial charge in [0.25, 0.3) is 0 Å². The number of hydrogen-bond acceptors (Lipinski definition) is 13. The normalized spacial score (nSPS) is 16.0. The predicted octanol–water partition coefficient (Wildman–Crippen LogP) is 1.39. The van der Waals surface area contributed by atoms with E-state index in [1.807, 2.05) is 35.1 Å². The zero-order chi connectivity index (χ0) is 40.5. The molecule has 2 fully saturated rings. The number of rotatable bonds is 23. The van der Waals surface area contributed by atoms with E-state index in [4.69, 9.17) is 25.5 Å². The molecular formula is C37H60N13O6P. The SMILES string of the molecule is N[C@@H](CCC(=O)NCCC(=O)N1CCC(Nc2nc(NCc3cn(CCCNCCCNC4CCCCC4)nn3)nc3ccccc23)CC1)C(=O)NCP(=O)(O)O. The quantitative estimate of drug-likeness (QED) is 0.0484. The number of carbonyl (C=O) groups is 3. The summed E-state index contributed by atoms with van der Waals surface area (Å²) in [5, 5.41) is 28.4. The molecule has 5 rings (SSSR count). The van der Waals surface area contributed by atoms with Gasteiger partial charge in [0.15, 0.2) is 0 Å². The number of carbonyl (C=O) groups excluding carboxylic acids is 3. The van der Waals surface area contributed by atoms with Crippen molar-refractivity contribution in [2.45, 2.75) is 108 Å². The zero-order valence-electron chi connectivity index (χ0n) is 32.7. The number of para-hydroxylation sites is 1. The molecule has 19 nitrogen and oxygen atoms in total. The number of nitrogens with zero attached hydrogens (tertiary/aromatic N) is 6. The minimum atomic E-state index is -4.40. The van der Waals surface area contributed by atoms with Crippen LogP contribution in [-0.2, 0) is 32.0 Å². The number of piperidine rings is 1. The van der Waals surface area contributed by atoms with Gasteiger partial charge in [0, 0.05) is 56.5 Å². The van der Waals surface area contributed by atoms with Crippen LogP contribution in [0.5, 0.6) is 0 Å². The van der Waals surface area contributed by atoms with Crippen molar-refractivity contribution in [3.63, 3.8) is 0 Å². The van der Waals surface area contributed by atoms with Gasteiger partial charge in [-0.1, -0.05) is 36.6 Å². The fraction of sp³-hybridized carbons (Fsp3) is 0.649. The maximum Gasteiger partial charge on any atom is 0.344 e. The molecule has 3 aromatic rings. The highest BCUT2D eigenvalue weighted by atomic mass is 31.2. The minimum absolute atomic E-state index is 0.00746. The number of amides is 3. The lowest BCUT2D eigenvalue weighted by atomic mass is 9.95. The number of nitrogens with two attached hydrogens (primary N) is 1. The Morgan fingerprint density at radius 3 is 2.47 bits per heavy atom. The molecule has 2 aliphatic rings. The van der Waals surface area contributed by atoms with E-state index in [0.717, 1.165) is 74.3 Å². The first-order valence-corrected chi connectivity index (χ1v) is 22.0. The van der Waals surface area contributed by atoms with Crippen LogP contribution in [0.2, 0.25) is 0 Å². The molecular weight excluding hydrogens is 753 g/mol. The number of anilines is 2. The van der Waals surface area contributed by atoms with Crippen molar-refractivity contribution < 1.29 is 28.7 Å². The molecule has 1 aliphatic heterocycles. The largest absolute Gasteiger partial charge is 0.367 e. The van der Waals surface area contributed by atoms with Crippen molar-refractivity contribution >= 4 is 48.0 Å². The van der Waals surface area contributed by atoms with Crippen LogP contribution in [-0.4, -0.2) is 121 Å². The van der Waals surface area contributed by atoms with E-state index in [1.54, 1.807) is 4.90 Å². The number of aromatic nitrogens is 5. The van der Waals surface area contributed by atoms with Crippen LogP contribution in [0.15, 0.2) is 30.5 Å². The van der Waals surface area contributed by atoms with Crippen LogP contribution in [0.4, 0.5) is 11.8 Å². The summed E-state index contributed by atoms with van der Waals surface area (Å²) in [5.41, 5.74) is 7.31. The Morgan fingerprint density at radius 2 is 1.68 bits per heavy atom. The van der Waals surface area contributed by atoms with Crippen molar-refractivity contribution in [3.05, 3.63) is 36.2 Å². The van der Waals surface area contributed by atoms with Gasteiger partial charge in [0.05, 0.1) is 24.3 Å². The predicted molar refractivity (Wildman–Crippen MR) is 217 cm³/mol. The minimum Gasteiger partial charge on any atom is -0.367 e. The van der Waals surface area contributed by atoms with Crippen molar-refractivity contribution in [1.29, 1.82) is 0 Å².